The van der Waals surface area contributed by atoms with Crippen molar-refractivity contribution in [3.05, 3.63) is 42.6 Å². The van der Waals surface area contributed by atoms with Crippen molar-refractivity contribution >= 4 is 16.9 Å². The molecule has 0 bridgehead atoms. The van der Waals surface area contributed by atoms with Crippen LogP contribution in [-0.4, -0.2) is 43.4 Å². The van der Waals surface area contributed by atoms with Crippen LogP contribution in [0.4, 0.5) is 5.95 Å². The standard InChI is InChI=1S/C22H22N4O4/c1-27-15-5-6-16-12(8-15)7-14(11-24-16)20-19(25-22(23)26-20)13-9-17(28-2)21(30-4)18(10-13)29-3/h5-11H,1-4H3,(H3,23,25,26). The van der Waals surface area contributed by atoms with Crippen molar-refractivity contribution in [1.29, 1.82) is 0 Å². The highest BCUT2D eigenvalue weighted by Gasteiger charge is 2.19. The molecule has 0 radical (unpaired) electrons. The molecule has 0 unspecified atom stereocenters. The summed E-state index contributed by atoms with van der Waals surface area (Å²) in [5.41, 5.74) is 9.86. The van der Waals surface area contributed by atoms with Gasteiger partial charge in [0.15, 0.2) is 17.4 Å². The van der Waals surface area contributed by atoms with Crippen LogP contribution in [0.25, 0.3) is 33.4 Å². The first kappa shape index (κ1) is 19.4. The molecule has 30 heavy (non-hydrogen) atoms. The van der Waals surface area contributed by atoms with Crippen molar-refractivity contribution in [2.24, 2.45) is 0 Å². The van der Waals surface area contributed by atoms with Gasteiger partial charge in [-0.25, -0.2) is 4.98 Å². The second-order valence-corrected chi connectivity index (χ2v) is 6.54. The number of nitrogens with one attached hydrogen (secondary N) is 1. The van der Waals surface area contributed by atoms with Crippen molar-refractivity contribution in [3.8, 4) is 45.5 Å². The summed E-state index contributed by atoms with van der Waals surface area (Å²) in [5.74, 6) is 2.63. The van der Waals surface area contributed by atoms with Gasteiger partial charge >= 0.3 is 0 Å². The van der Waals surface area contributed by atoms with Gasteiger partial charge in [0.05, 0.1) is 45.3 Å². The summed E-state index contributed by atoms with van der Waals surface area (Å²) < 4.78 is 21.7. The molecule has 8 heteroatoms. The molecule has 4 rings (SSSR count). The number of hydrogen-bond acceptors (Lipinski definition) is 7. The van der Waals surface area contributed by atoms with Crippen molar-refractivity contribution in [2.45, 2.75) is 0 Å². The van der Waals surface area contributed by atoms with E-state index >= 15 is 0 Å². The van der Waals surface area contributed by atoms with E-state index in [9.17, 15) is 0 Å². The quantitative estimate of drug-likeness (QED) is 0.500. The molecule has 0 atom stereocenters. The van der Waals surface area contributed by atoms with E-state index in [1.165, 1.54) is 0 Å². The number of ether oxygens (including phenoxy) is 4. The van der Waals surface area contributed by atoms with Crippen LogP contribution in [-0.2, 0) is 0 Å². The van der Waals surface area contributed by atoms with Gasteiger partial charge in [-0.3, -0.25) is 4.98 Å². The van der Waals surface area contributed by atoms with Gasteiger partial charge in [0, 0.05) is 22.7 Å². The molecule has 8 nitrogen and oxygen atoms in total. The van der Waals surface area contributed by atoms with E-state index in [4.69, 9.17) is 24.7 Å². The number of fused-ring (bicyclic) bond motifs is 1. The number of hydrogen-bond donors (Lipinski definition) is 2. The van der Waals surface area contributed by atoms with Gasteiger partial charge in [0.1, 0.15) is 5.75 Å². The first-order chi connectivity index (χ1) is 14.6. The van der Waals surface area contributed by atoms with Gasteiger partial charge in [0.2, 0.25) is 5.75 Å². The minimum atomic E-state index is 0.291. The van der Waals surface area contributed by atoms with Crippen LogP contribution in [0.2, 0.25) is 0 Å². The number of nitrogens with zero attached hydrogens (tertiary/aromatic N) is 2. The number of aromatic amines is 1. The highest BCUT2D eigenvalue weighted by molar-refractivity contribution is 5.88. The SMILES string of the molecule is COc1ccc2ncc(-c3nc(N)[nH]c3-c3cc(OC)c(OC)c(OC)c3)cc2c1. The van der Waals surface area contributed by atoms with Crippen LogP contribution in [0.3, 0.4) is 0 Å². The smallest absolute Gasteiger partial charge is 0.203 e. The highest BCUT2D eigenvalue weighted by atomic mass is 16.5. The molecule has 154 valence electrons. The molecule has 3 N–H and O–H groups in total. The molecular weight excluding hydrogens is 384 g/mol. The van der Waals surface area contributed by atoms with E-state index in [0.717, 1.165) is 33.5 Å². The van der Waals surface area contributed by atoms with Crippen LogP contribution in [0, 0.1) is 0 Å². The fourth-order valence-corrected chi connectivity index (χ4v) is 3.40. The molecule has 0 amide bonds. The van der Waals surface area contributed by atoms with E-state index in [1.807, 2.05) is 36.4 Å². The zero-order valence-corrected chi connectivity index (χ0v) is 17.1. The van der Waals surface area contributed by atoms with Gasteiger partial charge in [-0.15, -0.1) is 0 Å². The lowest BCUT2D eigenvalue weighted by molar-refractivity contribution is 0.324. The lowest BCUT2D eigenvalue weighted by Crippen LogP contribution is -1.96. The summed E-state index contributed by atoms with van der Waals surface area (Å²) in [4.78, 5) is 12.2. The summed E-state index contributed by atoms with van der Waals surface area (Å²) in [6.45, 7) is 0. The molecule has 0 aliphatic carbocycles. The average Bonchev–Trinajstić information content (AvgIpc) is 3.18. The summed E-state index contributed by atoms with van der Waals surface area (Å²) in [6, 6.07) is 11.4. The number of rotatable bonds is 6. The lowest BCUT2D eigenvalue weighted by Gasteiger charge is -2.14. The fraction of sp³-hybridized carbons (Fsp3) is 0.182. The molecule has 2 aromatic heterocycles. The summed E-state index contributed by atoms with van der Waals surface area (Å²) >= 11 is 0. The number of H-pyrrole nitrogens is 1. The van der Waals surface area contributed by atoms with E-state index in [0.29, 0.717) is 28.9 Å². The highest BCUT2D eigenvalue weighted by Crippen LogP contribution is 2.43. The Kier molecular flexibility index (Phi) is 5.05. The maximum absolute atomic E-state index is 6.02. The Hall–Kier alpha value is -3.94. The van der Waals surface area contributed by atoms with Crippen molar-refractivity contribution in [1.82, 2.24) is 15.0 Å². The Bertz CT molecular complexity index is 1190. The third-order valence-electron chi connectivity index (χ3n) is 4.84. The zero-order chi connectivity index (χ0) is 21.3. The first-order valence-electron chi connectivity index (χ1n) is 9.18. The molecular formula is C22H22N4O4. The molecule has 0 saturated heterocycles. The summed E-state index contributed by atoms with van der Waals surface area (Å²) in [7, 11) is 6.35. The number of imidazole rings is 1. The minimum Gasteiger partial charge on any atom is -0.497 e. The molecule has 4 aromatic rings. The predicted molar refractivity (Wildman–Crippen MR) is 115 cm³/mol. The number of methoxy groups -OCH3 is 4. The number of benzene rings is 2. The minimum absolute atomic E-state index is 0.291. The maximum Gasteiger partial charge on any atom is 0.203 e. The Morgan fingerprint density at radius 3 is 2.20 bits per heavy atom. The van der Waals surface area contributed by atoms with E-state index in [-0.39, 0.29) is 0 Å². The number of anilines is 1. The van der Waals surface area contributed by atoms with Gasteiger partial charge in [-0.05, 0) is 36.4 Å². The predicted octanol–water partition coefficient (Wildman–Crippen LogP) is 3.91. The van der Waals surface area contributed by atoms with Gasteiger partial charge in [-0.1, -0.05) is 0 Å². The molecule has 2 aromatic carbocycles. The second-order valence-electron chi connectivity index (χ2n) is 6.54. The molecule has 0 aliphatic heterocycles. The first-order valence-corrected chi connectivity index (χ1v) is 9.18. The topological polar surface area (TPSA) is 105 Å². The van der Waals surface area contributed by atoms with Crippen LogP contribution in [0.15, 0.2) is 42.6 Å². The normalized spacial score (nSPS) is 10.8. The Morgan fingerprint density at radius 2 is 1.57 bits per heavy atom. The summed E-state index contributed by atoms with van der Waals surface area (Å²) in [5, 5.41) is 0.935. The van der Waals surface area contributed by atoms with Crippen molar-refractivity contribution in [3.63, 3.8) is 0 Å². The molecule has 0 aliphatic rings. The molecule has 0 spiro atoms. The van der Waals surface area contributed by atoms with Crippen LogP contribution in [0.5, 0.6) is 23.0 Å². The molecule has 0 saturated carbocycles. The number of nitrogen functional groups attached to an aromatic ring is 1. The van der Waals surface area contributed by atoms with Crippen molar-refractivity contribution < 1.29 is 18.9 Å². The monoisotopic (exact) mass is 406 g/mol. The van der Waals surface area contributed by atoms with Gasteiger partial charge in [-0.2, -0.15) is 0 Å². The van der Waals surface area contributed by atoms with E-state index in [1.54, 1.807) is 34.6 Å². The fourth-order valence-electron chi connectivity index (χ4n) is 3.40. The number of nitrogens with two attached hydrogens (primary N) is 1. The average molecular weight is 406 g/mol. The maximum atomic E-state index is 6.02. The Balaban J connectivity index is 1.89. The molecule has 2 heterocycles. The third kappa shape index (κ3) is 3.32. The zero-order valence-electron chi connectivity index (χ0n) is 17.1. The Morgan fingerprint density at radius 1 is 0.833 bits per heavy atom. The van der Waals surface area contributed by atoms with Gasteiger partial charge < -0.3 is 29.7 Å². The van der Waals surface area contributed by atoms with Crippen LogP contribution >= 0.6 is 0 Å². The Labute approximate surface area is 173 Å². The third-order valence-corrected chi connectivity index (χ3v) is 4.84. The molecule has 0 fully saturated rings. The second kappa shape index (κ2) is 7.82. The summed E-state index contributed by atoms with van der Waals surface area (Å²) in [6.07, 6.45) is 1.77. The van der Waals surface area contributed by atoms with Crippen molar-refractivity contribution in [2.75, 3.05) is 34.2 Å². The number of aromatic nitrogens is 3. The largest absolute Gasteiger partial charge is 0.497 e. The van der Waals surface area contributed by atoms with Crippen LogP contribution in [0.1, 0.15) is 0 Å². The number of pyridine rings is 1. The van der Waals surface area contributed by atoms with E-state index in [2.05, 4.69) is 15.0 Å². The lowest BCUT2D eigenvalue weighted by atomic mass is 10.0. The van der Waals surface area contributed by atoms with Gasteiger partial charge in [0.25, 0.3) is 0 Å². The van der Waals surface area contributed by atoms with Crippen LogP contribution < -0.4 is 24.7 Å². The van der Waals surface area contributed by atoms with E-state index < -0.39 is 0 Å².